The van der Waals surface area contributed by atoms with E-state index in [4.69, 9.17) is 11.2 Å². The zero-order valence-electron chi connectivity index (χ0n) is 18.3. The van der Waals surface area contributed by atoms with Crippen molar-refractivity contribution < 1.29 is 22.8 Å². The molecule has 36 heavy (non-hydrogen) atoms. The lowest BCUT2D eigenvalue weighted by Crippen LogP contribution is -2.20. The Morgan fingerprint density at radius 3 is 2.64 bits per heavy atom. The Bertz CT molecular complexity index is 1600. The van der Waals surface area contributed by atoms with Gasteiger partial charge in [-0.2, -0.15) is 22.9 Å². The number of para-hydroxylation sites is 1. The number of nitrogens with zero attached hydrogens (tertiary/aromatic N) is 4. The second-order valence-electron chi connectivity index (χ2n) is 7.36. The van der Waals surface area contributed by atoms with Crippen molar-refractivity contribution in [3.05, 3.63) is 98.3 Å². The molecular formula is C25H15F3N4O4. The molecule has 0 spiro atoms. The fourth-order valence-electron chi connectivity index (χ4n) is 3.37. The van der Waals surface area contributed by atoms with Crippen LogP contribution in [-0.2, 0) is 6.18 Å². The van der Waals surface area contributed by atoms with Crippen molar-refractivity contribution in [1.29, 1.82) is 0 Å². The number of nitro groups is 1. The van der Waals surface area contributed by atoms with E-state index in [0.717, 1.165) is 23.0 Å². The molecule has 0 saturated heterocycles. The largest absolute Gasteiger partial charge is 0.480 e. The molecule has 8 nitrogen and oxygen atoms in total. The highest BCUT2D eigenvalue weighted by Crippen LogP contribution is 2.32. The van der Waals surface area contributed by atoms with Crippen LogP contribution in [0, 0.1) is 22.5 Å². The van der Waals surface area contributed by atoms with Gasteiger partial charge in [0, 0.05) is 23.3 Å². The standard InChI is InChI=1S/C25H15F3N4O4/c1-2-12-36-22-11-10-19(32(34)35)14-17(22)15-29-31-23(16-6-5-7-18(13-16)25(26,27)28)30-21-9-4-3-8-20(21)24(31)33/h1,3-11,13-15H,12H2. The van der Waals surface area contributed by atoms with Crippen LogP contribution in [0.3, 0.4) is 0 Å². The van der Waals surface area contributed by atoms with Crippen molar-refractivity contribution >= 4 is 22.8 Å². The molecule has 1 aromatic heterocycles. The summed E-state index contributed by atoms with van der Waals surface area (Å²) in [6, 6.07) is 14.3. The predicted octanol–water partition coefficient (Wildman–Crippen LogP) is 4.88. The molecule has 0 atom stereocenters. The summed E-state index contributed by atoms with van der Waals surface area (Å²) in [5, 5.41) is 15.6. The van der Waals surface area contributed by atoms with Crippen molar-refractivity contribution in [1.82, 2.24) is 9.66 Å². The van der Waals surface area contributed by atoms with E-state index in [1.165, 1.54) is 36.4 Å². The first-order valence-electron chi connectivity index (χ1n) is 10.3. The normalized spacial score (nSPS) is 11.5. The van der Waals surface area contributed by atoms with Crippen LogP contribution in [0.5, 0.6) is 5.75 Å². The van der Waals surface area contributed by atoms with E-state index >= 15 is 0 Å². The van der Waals surface area contributed by atoms with Crippen LogP contribution in [0.15, 0.2) is 76.6 Å². The van der Waals surface area contributed by atoms with Gasteiger partial charge in [-0.15, -0.1) is 6.42 Å². The van der Waals surface area contributed by atoms with Gasteiger partial charge in [0.05, 0.1) is 27.6 Å². The Balaban J connectivity index is 1.93. The number of rotatable bonds is 6. The van der Waals surface area contributed by atoms with E-state index in [1.54, 1.807) is 18.2 Å². The van der Waals surface area contributed by atoms with Gasteiger partial charge in [-0.05, 0) is 30.3 Å². The van der Waals surface area contributed by atoms with Crippen molar-refractivity contribution in [2.75, 3.05) is 6.61 Å². The number of ether oxygens (including phenoxy) is 1. The number of hydrogen-bond acceptors (Lipinski definition) is 6. The summed E-state index contributed by atoms with van der Waals surface area (Å²) < 4.78 is 46.2. The van der Waals surface area contributed by atoms with Gasteiger partial charge in [0.25, 0.3) is 11.2 Å². The summed E-state index contributed by atoms with van der Waals surface area (Å²) >= 11 is 0. The Morgan fingerprint density at radius 2 is 1.92 bits per heavy atom. The van der Waals surface area contributed by atoms with Gasteiger partial charge in [-0.1, -0.05) is 30.2 Å². The second-order valence-corrected chi connectivity index (χ2v) is 7.36. The van der Waals surface area contributed by atoms with Crippen molar-refractivity contribution in [2.24, 2.45) is 5.10 Å². The molecule has 0 aliphatic carbocycles. The van der Waals surface area contributed by atoms with Crippen LogP contribution >= 0.6 is 0 Å². The zero-order chi connectivity index (χ0) is 25.9. The summed E-state index contributed by atoms with van der Waals surface area (Å²) in [7, 11) is 0. The Kier molecular flexibility index (Phi) is 6.52. The van der Waals surface area contributed by atoms with Crippen LogP contribution in [0.25, 0.3) is 22.3 Å². The third-order valence-electron chi connectivity index (χ3n) is 5.03. The number of alkyl halides is 3. The Morgan fingerprint density at radius 1 is 1.14 bits per heavy atom. The van der Waals surface area contributed by atoms with Gasteiger partial charge in [0.15, 0.2) is 5.82 Å². The molecule has 1 heterocycles. The summed E-state index contributed by atoms with van der Waals surface area (Å²) in [6.07, 6.45) is 1.72. The molecule has 180 valence electrons. The zero-order valence-corrected chi connectivity index (χ0v) is 18.3. The fraction of sp³-hybridized carbons (Fsp3) is 0.0800. The van der Waals surface area contributed by atoms with Crippen LogP contribution in [0.4, 0.5) is 18.9 Å². The quantitative estimate of drug-likeness (QED) is 0.165. The lowest BCUT2D eigenvalue weighted by Gasteiger charge is -2.12. The number of hydrogen-bond donors (Lipinski definition) is 0. The third kappa shape index (κ3) is 4.92. The van der Waals surface area contributed by atoms with Crippen LogP contribution in [0.1, 0.15) is 11.1 Å². The first-order valence-corrected chi connectivity index (χ1v) is 10.3. The molecule has 0 saturated carbocycles. The lowest BCUT2D eigenvalue weighted by molar-refractivity contribution is -0.384. The maximum Gasteiger partial charge on any atom is 0.416 e. The molecular weight excluding hydrogens is 477 g/mol. The number of nitro benzene ring substituents is 1. The van der Waals surface area contributed by atoms with Crippen molar-refractivity contribution in [3.8, 4) is 29.5 Å². The number of aromatic nitrogens is 2. The summed E-state index contributed by atoms with van der Waals surface area (Å²) in [5.74, 6) is 2.28. The van der Waals surface area contributed by atoms with E-state index < -0.39 is 22.2 Å². The predicted molar refractivity (Wildman–Crippen MR) is 127 cm³/mol. The first-order chi connectivity index (χ1) is 17.2. The summed E-state index contributed by atoms with van der Waals surface area (Å²) in [4.78, 5) is 28.3. The fourth-order valence-corrected chi connectivity index (χ4v) is 3.37. The number of benzene rings is 3. The van der Waals surface area contributed by atoms with Gasteiger partial charge in [0.2, 0.25) is 0 Å². The van der Waals surface area contributed by atoms with Gasteiger partial charge in [-0.25, -0.2) is 4.98 Å². The molecule has 0 aliphatic heterocycles. The molecule has 0 radical (unpaired) electrons. The minimum absolute atomic E-state index is 0.00678. The topological polar surface area (TPSA) is 99.6 Å². The molecule has 0 amide bonds. The smallest absolute Gasteiger partial charge is 0.416 e. The molecule has 0 aliphatic rings. The molecule has 0 unspecified atom stereocenters. The third-order valence-corrected chi connectivity index (χ3v) is 5.03. The lowest BCUT2D eigenvalue weighted by atomic mass is 10.1. The summed E-state index contributed by atoms with van der Waals surface area (Å²) in [6.45, 7) is -0.133. The molecule has 0 fully saturated rings. The van der Waals surface area contributed by atoms with Crippen LogP contribution in [-0.4, -0.2) is 27.4 Å². The van der Waals surface area contributed by atoms with Crippen molar-refractivity contribution in [2.45, 2.75) is 6.18 Å². The van der Waals surface area contributed by atoms with Gasteiger partial charge in [-0.3, -0.25) is 14.9 Å². The number of fused-ring (bicyclic) bond motifs is 1. The maximum absolute atomic E-state index is 13.3. The Labute approximate surface area is 201 Å². The highest BCUT2D eigenvalue weighted by atomic mass is 19.4. The first kappa shape index (κ1) is 24.2. The number of halogens is 3. The average molecular weight is 492 g/mol. The van der Waals surface area contributed by atoms with E-state index in [-0.39, 0.29) is 45.9 Å². The molecule has 11 heteroatoms. The molecule has 0 N–H and O–H groups in total. The second kappa shape index (κ2) is 9.71. The monoisotopic (exact) mass is 492 g/mol. The van der Waals surface area contributed by atoms with Crippen LogP contribution < -0.4 is 10.3 Å². The van der Waals surface area contributed by atoms with Gasteiger partial charge < -0.3 is 4.74 Å². The highest BCUT2D eigenvalue weighted by Gasteiger charge is 2.31. The van der Waals surface area contributed by atoms with Crippen molar-refractivity contribution in [3.63, 3.8) is 0 Å². The molecule has 0 bridgehead atoms. The van der Waals surface area contributed by atoms with E-state index in [1.807, 2.05) is 0 Å². The Hall–Kier alpha value is -4.98. The molecule has 3 aromatic carbocycles. The minimum Gasteiger partial charge on any atom is -0.480 e. The average Bonchev–Trinajstić information content (AvgIpc) is 2.86. The van der Waals surface area contributed by atoms with Gasteiger partial charge in [0.1, 0.15) is 12.4 Å². The van der Waals surface area contributed by atoms with Crippen LogP contribution in [0.2, 0.25) is 0 Å². The van der Waals surface area contributed by atoms with E-state index in [2.05, 4.69) is 16.0 Å². The minimum atomic E-state index is -4.62. The van der Waals surface area contributed by atoms with Gasteiger partial charge >= 0.3 is 6.18 Å². The highest BCUT2D eigenvalue weighted by molar-refractivity contribution is 5.85. The number of terminal acetylenes is 1. The number of non-ortho nitro benzene ring substituents is 1. The van der Waals surface area contributed by atoms with E-state index in [9.17, 15) is 28.1 Å². The van der Waals surface area contributed by atoms with E-state index in [0.29, 0.717) is 0 Å². The maximum atomic E-state index is 13.3. The molecule has 4 rings (SSSR count). The summed E-state index contributed by atoms with van der Waals surface area (Å²) in [5.41, 5.74) is -1.48. The SMILES string of the molecule is C#CCOc1ccc([N+](=O)[O-])cc1C=Nn1c(-c2cccc(C(F)(F)F)c2)nc2ccccc2c1=O. The molecule has 4 aromatic rings.